The number of nitrogens with one attached hydrogen (secondary N) is 2. The molecule has 2 heterocycles. The largest absolute Gasteiger partial charge is 0.497 e. The Bertz CT molecular complexity index is 1250. The molecule has 2 aliphatic rings. The highest BCUT2D eigenvalue weighted by Crippen LogP contribution is 2.31. The topological polar surface area (TPSA) is 96.6 Å². The average molecular weight is 475 g/mol. The van der Waals surface area contributed by atoms with Gasteiger partial charge in [0, 0.05) is 36.3 Å². The van der Waals surface area contributed by atoms with Gasteiger partial charge in [-0.25, -0.2) is 0 Å². The van der Waals surface area contributed by atoms with Crippen molar-refractivity contribution >= 4 is 11.8 Å². The van der Waals surface area contributed by atoms with Crippen LogP contribution in [0, 0.1) is 0 Å². The minimum Gasteiger partial charge on any atom is -0.497 e. The Balaban J connectivity index is 1.31. The lowest BCUT2D eigenvalue weighted by Crippen LogP contribution is -2.38. The van der Waals surface area contributed by atoms with Crippen molar-refractivity contribution in [1.82, 2.24) is 20.4 Å². The number of hydrogen-bond donors (Lipinski definition) is 2. The fourth-order valence-electron chi connectivity index (χ4n) is 5.12. The summed E-state index contributed by atoms with van der Waals surface area (Å²) in [4.78, 5) is 28.2. The van der Waals surface area contributed by atoms with E-state index < -0.39 is 0 Å². The van der Waals surface area contributed by atoms with Crippen LogP contribution in [0.3, 0.4) is 0 Å². The second-order valence-corrected chi connectivity index (χ2v) is 9.07. The highest BCUT2D eigenvalue weighted by Gasteiger charge is 2.30. The molecule has 5 rings (SSSR count). The molecule has 8 nitrogen and oxygen atoms in total. The second-order valence-electron chi connectivity index (χ2n) is 9.07. The van der Waals surface area contributed by atoms with Crippen LogP contribution in [0.25, 0.3) is 0 Å². The zero-order valence-electron chi connectivity index (χ0n) is 20.1. The van der Waals surface area contributed by atoms with Crippen LogP contribution in [0.5, 0.6) is 11.5 Å². The Morgan fingerprint density at radius 3 is 2.83 bits per heavy atom. The summed E-state index contributed by atoms with van der Waals surface area (Å²) in [5.74, 6) is 1.09. The van der Waals surface area contributed by atoms with Gasteiger partial charge in [0.1, 0.15) is 11.5 Å². The van der Waals surface area contributed by atoms with E-state index in [0.29, 0.717) is 36.7 Å². The summed E-state index contributed by atoms with van der Waals surface area (Å²) < 4.78 is 10.7. The Kier molecular flexibility index (Phi) is 6.44. The van der Waals surface area contributed by atoms with Gasteiger partial charge in [0.25, 0.3) is 5.91 Å². The third-order valence-corrected chi connectivity index (χ3v) is 7.01. The number of aromatic amines is 1. The Morgan fingerprint density at radius 1 is 1.14 bits per heavy atom. The zero-order valence-corrected chi connectivity index (χ0v) is 20.1. The van der Waals surface area contributed by atoms with Crippen LogP contribution in [0.15, 0.2) is 42.5 Å². The van der Waals surface area contributed by atoms with Crippen molar-refractivity contribution in [3.63, 3.8) is 0 Å². The molecule has 0 bridgehead atoms. The first-order valence-corrected chi connectivity index (χ1v) is 12.0. The molecule has 1 aromatic heterocycles. The third kappa shape index (κ3) is 4.60. The molecule has 1 atom stereocenters. The molecule has 1 unspecified atom stereocenters. The van der Waals surface area contributed by atoms with E-state index in [1.807, 2.05) is 18.2 Å². The molecule has 35 heavy (non-hydrogen) atoms. The van der Waals surface area contributed by atoms with Gasteiger partial charge in [-0.2, -0.15) is 5.10 Å². The monoisotopic (exact) mass is 474 g/mol. The van der Waals surface area contributed by atoms with E-state index in [-0.39, 0.29) is 24.3 Å². The number of fused-ring (bicyclic) bond motifs is 2. The second kappa shape index (κ2) is 9.82. The van der Waals surface area contributed by atoms with Crippen molar-refractivity contribution in [2.45, 2.75) is 44.7 Å². The summed E-state index contributed by atoms with van der Waals surface area (Å²) in [7, 11) is 3.18. The van der Waals surface area contributed by atoms with Gasteiger partial charge in [-0.05, 0) is 48.6 Å². The van der Waals surface area contributed by atoms with E-state index >= 15 is 0 Å². The van der Waals surface area contributed by atoms with E-state index in [2.05, 4.69) is 27.6 Å². The molecule has 1 aliphatic heterocycles. The first kappa shape index (κ1) is 23.0. The Hall–Kier alpha value is -3.81. The lowest BCUT2D eigenvalue weighted by molar-refractivity contribution is -0.131. The van der Waals surface area contributed by atoms with Crippen molar-refractivity contribution in [2.24, 2.45) is 0 Å². The molecule has 0 fully saturated rings. The van der Waals surface area contributed by atoms with Gasteiger partial charge >= 0.3 is 0 Å². The minimum atomic E-state index is -0.201. The highest BCUT2D eigenvalue weighted by atomic mass is 16.5. The predicted molar refractivity (Wildman–Crippen MR) is 131 cm³/mol. The van der Waals surface area contributed by atoms with Crippen LogP contribution in [-0.2, 0) is 30.6 Å². The average Bonchev–Trinajstić information content (AvgIpc) is 3.32. The van der Waals surface area contributed by atoms with Gasteiger partial charge in [-0.15, -0.1) is 0 Å². The van der Waals surface area contributed by atoms with Crippen molar-refractivity contribution < 1.29 is 19.1 Å². The number of amides is 2. The summed E-state index contributed by atoms with van der Waals surface area (Å²) >= 11 is 0. The molecule has 0 saturated carbocycles. The Morgan fingerprint density at radius 2 is 2.00 bits per heavy atom. The van der Waals surface area contributed by atoms with Crippen LogP contribution in [0.4, 0.5) is 0 Å². The molecule has 0 radical (unpaired) electrons. The first-order chi connectivity index (χ1) is 17.1. The number of aromatic nitrogens is 2. The maximum Gasteiger partial charge on any atom is 0.272 e. The van der Waals surface area contributed by atoms with Gasteiger partial charge < -0.3 is 19.7 Å². The number of carbonyl (C=O) groups excluding carboxylic acids is 2. The molecular weight excluding hydrogens is 444 g/mol. The van der Waals surface area contributed by atoms with E-state index in [1.165, 1.54) is 11.1 Å². The maximum absolute atomic E-state index is 13.2. The van der Waals surface area contributed by atoms with Gasteiger partial charge in [0.15, 0.2) is 5.69 Å². The fourth-order valence-corrected chi connectivity index (χ4v) is 5.12. The Labute approximate surface area is 204 Å². The molecule has 0 spiro atoms. The standard InChI is InChI=1S/C27H30N4O4/c1-34-19-10-11-24(35-2)18(14-19)15-25(32)31-13-12-23-21(16-31)26(30-29-23)27(33)28-22-9-5-7-17-6-3-4-8-20(17)22/h3-4,6,8,10-11,14,22H,5,7,9,12-13,15-16H2,1-2H3,(H,28,33)(H,29,30). The fraction of sp³-hybridized carbons (Fsp3) is 0.370. The predicted octanol–water partition coefficient (Wildman–Crippen LogP) is 3.36. The summed E-state index contributed by atoms with van der Waals surface area (Å²) in [6, 6.07) is 13.7. The van der Waals surface area contributed by atoms with Gasteiger partial charge in [-0.1, -0.05) is 24.3 Å². The van der Waals surface area contributed by atoms with Crippen LogP contribution < -0.4 is 14.8 Å². The maximum atomic E-state index is 13.2. The molecule has 2 amide bonds. The van der Waals surface area contributed by atoms with Crippen LogP contribution in [0.2, 0.25) is 0 Å². The normalized spacial score (nSPS) is 16.7. The number of nitrogens with zero attached hydrogens (tertiary/aromatic N) is 2. The number of H-pyrrole nitrogens is 1. The zero-order chi connectivity index (χ0) is 24.4. The van der Waals surface area contributed by atoms with Crippen LogP contribution >= 0.6 is 0 Å². The number of carbonyl (C=O) groups is 2. The smallest absolute Gasteiger partial charge is 0.272 e. The van der Waals surface area contributed by atoms with Gasteiger partial charge in [0.05, 0.1) is 26.7 Å². The third-order valence-electron chi connectivity index (χ3n) is 7.01. The molecule has 2 aromatic carbocycles. The number of methoxy groups -OCH3 is 2. The molecule has 2 N–H and O–H groups in total. The minimum absolute atomic E-state index is 0.0262. The summed E-state index contributed by atoms with van der Waals surface area (Å²) in [5.41, 5.74) is 5.33. The molecular formula is C27H30N4O4. The number of hydrogen-bond acceptors (Lipinski definition) is 5. The summed E-state index contributed by atoms with van der Waals surface area (Å²) in [5, 5.41) is 10.5. The molecule has 182 valence electrons. The lowest BCUT2D eigenvalue weighted by atomic mass is 9.87. The van der Waals surface area contributed by atoms with Gasteiger partial charge in [-0.3, -0.25) is 14.7 Å². The number of benzene rings is 2. The van der Waals surface area contributed by atoms with E-state index in [0.717, 1.165) is 36.1 Å². The molecule has 8 heteroatoms. The first-order valence-electron chi connectivity index (χ1n) is 12.0. The van der Waals surface area contributed by atoms with E-state index in [9.17, 15) is 9.59 Å². The number of aryl methyl sites for hydroxylation is 1. The summed E-state index contributed by atoms with van der Waals surface area (Å²) in [6.07, 6.45) is 3.80. The number of ether oxygens (including phenoxy) is 2. The molecule has 0 saturated heterocycles. The van der Waals surface area contributed by atoms with Crippen molar-refractivity contribution in [2.75, 3.05) is 20.8 Å². The SMILES string of the molecule is COc1ccc(OC)c(CC(=O)N2CCc3[nH]nc(C(=O)NC4CCCc5ccccc54)c3C2)c1. The quantitative estimate of drug-likeness (QED) is 0.571. The molecule has 1 aliphatic carbocycles. The van der Waals surface area contributed by atoms with Crippen molar-refractivity contribution in [3.8, 4) is 11.5 Å². The molecule has 3 aromatic rings. The summed E-state index contributed by atoms with van der Waals surface area (Å²) in [6.45, 7) is 0.915. The van der Waals surface area contributed by atoms with E-state index in [4.69, 9.17) is 9.47 Å². The number of rotatable bonds is 6. The van der Waals surface area contributed by atoms with Crippen molar-refractivity contribution in [1.29, 1.82) is 0 Å². The van der Waals surface area contributed by atoms with Crippen LogP contribution in [0.1, 0.15) is 57.3 Å². The van der Waals surface area contributed by atoms with Crippen molar-refractivity contribution in [3.05, 3.63) is 76.1 Å². The lowest BCUT2D eigenvalue weighted by Gasteiger charge is -2.28. The van der Waals surface area contributed by atoms with E-state index in [1.54, 1.807) is 31.3 Å². The highest BCUT2D eigenvalue weighted by molar-refractivity contribution is 5.94. The van der Waals surface area contributed by atoms with Gasteiger partial charge in [0.2, 0.25) is 5.91 Å². The van der Waals surface area contributed by atoms with Crippen LogP contribution in [-0.4, -0.2) is 47.7 Å².